The van der Waals surface area contributed by atoms with Crippen molar-refractivity contribution in [2.45, 2.75) is 19.4 Å². The first-order valence-corrected chi connectivity index (χ1v) is 6.48. The third-order valence-electron chi connectivity index (χ3n) is 3.17. The molecule has 0 aliphatic carbocycles. The van der Waals surface area contributed by atoms with Gasteiger partial charge in [-0.2, -0.15) is 0 Å². The smallest absolute Gasteiger partial charge is 0.128 e. The minimum Gasteiger partial charge on any atom is -0.359 e. The maximum atomic E-state index is 5.82. The molecular weight excluding hydrogens is 236 g/mol. The van der Waals surface area contributed by atoms with Gasteiger partial charge < -0.3 is 10.6 Å². The molecule has 1 atom stereocenters. The molecule has 4 heteroatoms. The van der Waals surface area contributed by atoms with E-state index in [1.165, 1.54) is 5.56 Å². The highest BCUT2D eigenvalue weighted by molar-refractivity contribution is 5.39. The quantitative estimate of drug-likeness (QED) is 0.891. The van der Waals surface area contributed by atoms with Gasteiger partial charge in [-0.15, -0.1) is 0 Å². The number of rotatable bonds is 5. The van der Waals surface area contributed by atoms with Crippen LogP contribution in [-0.2, 0) is 6.42 Å². The van der Waals surface area contributed by atoms with Gasteiger partial charge in [0.05, 0.1) is 0 Å². The predicted molar refractivity (Wildman–Crippen MR) is 78.1 cm³/mol. The van der Waals surface area contributed by atoms with Gasteiger partial charge in [-0.1, -0.05) is 6.07 Å². The number of hydrogen-bond donors (Lipinski definition) is 1. The van der Waals surface area contributed by atoms with E-state index in [4.69, 9.17) is 5.73 Å². The van der Waals surface area contributed by atoms with Crippen LogP contribution in [0.15, 0.2) is 42.9 Å². The lowest BCUT2D eigenvalue weighted by Gasteiger charge is -2.18. The summed E-state index contributed by atoms with van der Waals surface area (Å²) in [6.07, 6.45) is 6.48. The fraction of sp³-hybridized carbons (Fsp3) is 0.333. The average Bonchev–Trinajstić information content (AvgIpc) is 2.46. The van der Waals surface area contributed by atoms with E-state index in [2.05, 4.69) is 21.9 Å². The first kappa shape index (κ1) is 13.5. The van der Waals surface area contributed by atoms with Crippen LogP contribution in [0, 0.1) is 0 Å². The maximum Gasteiger partial charge on any atom is 0.128 e. The third-order valence-corrected chi connectivity index (χ3v) is 3.17. The largest absolute Gasteiger partial charge is 0.359 e. The lowest BCUT2D eigenvalue weighted by molar-refractivity contribution is 0.805. The normalized spacial score (nSPS) is 12.2. The molecule has 0 radical (unpaired) electrons. The summed E-state index contributed by atoms with van der Waals surface area (Å²) in [6, 6.07) is 8.17. The van der Waals surface area contributed by atoms with Gasteiger partial charge in [-0.25, -0.2) is 4.98 Å². The van der Waals surface area contributed by atoms with E-state index < -0.39 is 0 Å². The van der Waals surface area contributed by atoms with Crippen LogP contribution in [0.1, 0.15) is 24.1 Å². The zero-order chi connectivity index (χ0) is 13.7. The summed E-state index contributed by atoms with van der Waals surface area (Å²) in [5, 5.41) is 0. The lowest BCUT2D eigenvalue weighted by atomic mass is 10.1. The number of aromatic nitrogens is 2. The van der Waals surface area contributed by atoms with Gasteiger partial charge in [0.2, 0.25) is 0 Å². The molecule has 2 heterocycles. The van der Waals surface area contributed by atoms with Crippen LogP contribution < -0.4 is 10.6 Å². The molecule has 0 fully saturated rings. The van der Waals surface area contributed by atoms with Crippen molar-refractivity contribution >= 4 is 5.82 Å². The van der Waals surface area contributed by atoms with Gasteiger partial charge in [0.1, 0.15) is 5.82 Å². The van der Waals surface area contributed by atoms with Crippen LogP contribution in [0.2, 0.25) is 0 Å². The second-order valence-corrected chi connectivity index (χ2v) is 4.77. The van der Waals surface area contributed by atoms with Crippen molar-refractivity contribution in [3.8, 4) is 0 Å². The molecule has 0 spiro atoms. The summed E-state index contributed by atoms with van der Waals surface area (Å²) >= 11 is 0. The van der Waals surface area contributed by atoms with Crippen molar-refractivity contribution in [1.82, 2.24) is 9.97 Å². The Labute approximate surface area is 114 Å². The van der Waals surface area contributed by atoms with Crippen molar-refractivity contribution < 1.29 is 0 Å². The van der Waals surface area contributed by atoms with E-state index in [1.54, 1.807) is 0 Å². The topological polar surface area (TPSA) is 55.0 Å². The summed E-state index contributed by atoms with van der Waals surface area (Å²) in [5.74, 6) is 0.971. The molecule has 4 nitrogen and oxygen atoms in total. The van der Waals surface area contributed by atoms with E-state index in [1.807, 2.05) is 49.8 Å². The molecule has 0 aliphatic rings. The molecule has 2 N–H and O–H groups in total. The van der Waals surface area contributed by atoms with Crippen molar-refractivity contribution in [2.75, 3.05) is 18.5 Å². The molecule has 0 aromatic carbocycles. The second kappa shape index (κ2) is 6.29. The minimum atomic E-state index is 0.0312. The zero-order valence-corrected chi connectivity index (χ0v) is 11.5. The minimum absolute atomic E-state index is 0.0312. The molecule has 0 amide bonds. The molecule has 2 aromatic heterocycles. The van der Waals surface area contributed by atoms with E-state index in [9.17, 15) is 0 Å². The van der Waals surface area contributed by atoms with Gasteiger partial charge in [0, 0.05) is 38.2 Å². The number of anilines is 1. The molecule has 0 saturated heterocycles. The molecule has 0 aliphatic heterocycles. The summed E-state index contributed by atoms with van der Waals surface area (Å²) in [6.45, 7) is 2.89. The fourth-order valence-electron chi connectivity index (χ4n) is 1.85. The molecule has 0 bridgehead atoms. The van der Waals surface area contributed by atoms with Gasteiger partial charge >= 0.3 is 0 Å². The summed E-state index contributed by atoms with van der Waals surface area (Å²) in [7, 11) is 2.05. The van der Waals surface area contributed by atoms with Gasteiger partial charge in [0.25, 0.3) is 0 Å². The second-order valence-electron chi connectivity index (χ2n) is 4.77. The van der Waals surface area contributed by atoms with Crippen LogP contribution in [0.4, 0.5) is 5.82 Å². The summed E-state index contributed by atoms with van der Waals surface area (Å²) in [5.41, 5.74) is 8.16. The Morgan fingerprint density at radius 2 is 1.95 bits per heavy atom. The Morgan fingerprint density at radius 1 is 1.21 bits per heavy atom. The Bertz CT molecular complexity index is 493. The van der Waals surface area contributed by atoms with Crippen LogP contribution >= 0.6 is 0 Å². The molecule has 2 aromatic rings. The average molecular weight is 256 g/mol. The number of nitrogens with two attached hydrogens (primary N) is 1. The SMILES string of the molecule is CC(N)c1ccc(N(C)CCc2ccncc2)nc1. The van der Waals surface area contributed by atoms with Crippen LogP contribution in [0.25, 0.3) is 0 Å². The molecule has 100 valence electrons. The highest BCUT2D eigenvalue weighted by Gasteiger charge is 2.04. The van der Waals surface area contributed by atoms with E-state index >= 15 is 0 Å². The Morgan fingerprint density at radius 3 is 2.53 bits per heavy atom. The number of likely N-dealkylation sites (N-methyl/N-ethyl adjacent to an activating group) is 1. The first-order chi connectivity index (χ1) is 9.16. The first-order valence-electron chi connectivity index (χ1n) is 6.48. The fourth-order valence-corrected chi connectivity index (χ4v) is 1.85. The van der Waals surface area contributed by atoms with Crippen molar-refractivity contribution in [2.24, 2.45) is 5.73 Å². The van der Waals surface area contributed by atoms with Gasteiger partial charge in [-0.05, 0) is 42.7 Å². The Hall–Kier alpha value is -1.94. The van der Waals surface area contributed by atoms with Crippen LogP contribution in [0.5, 0.6) is 0 Å². The molecule has 2 rings (SSSR count). The number of pyridine rings is 2. The number of hydrogen-bond acceptors (Lipinski definition) is 4. The third kappa shape index (κ3) is 3.76. The molecular formula is C15H20N4. The highest BCUT2D eigenvalue weighted by Crippen LogP contribution is 2.14. The van der Waals surface area contributed by atoms with Crippen molar-refractivity contribution in [3.63, 3.8) is 0 Å². The van der Waals surface area contributed by atoms with Crippen molar-refractivity contribution in [1.29, 1.82) is 0 Å². The Kier molecular flexibility index (Phi) is 4.47. The Balaban J connectivity index is 1.94. The highest BCUT2D eigenvalue weighted by atomic mass is 15.2. The maximum absolute atomic E-state index is 5.82. The van der Waals surface area contributed by atoms with Crippen LogP contribution in [-0.4, -0.2) is 23.6 Å². The molecule has 19 heavy (non-hydrogen) atoms. The number of nitrogens with zero attached hydrogens (tertiary/aromatic N) is 3. The van der Waals surface area contributed by atoms with Gasteiger partial charge in [0.15, 0.2) is 0 Å². The summed E-state index contributed by atoms with van der Waals surface area (Å²) < 4.78 is 0. The predicted octanol–water partition coefficient (Wildman–Crippen LogP) is 2.18. The van der Waals surface area contributed by atoms with Crippen LogP contribution in [0.3, 0.4) is 0 Å². The van der Waals surface area contributed by atoms with Gasteiger partial charge in [-0.3, -0.25) is 4.98 Å². The standard InChI is InChI=1S/C15H20N4/c1-12(16)14-3-4-15(18-11-14)19(2)10-7-13-5-8-17-9-6-13/h3-6,8-9,11-12H,7,10,16H2,1-2H3. The molecule has 0 saturated carbocycles. The molecule has 1 unspecified atom stereocenters. The summed E-state index contributed by atoms with van der Waals surface area (Å²) in [4.78, 5) is 10.6. The zero-order valence-electron chi connectivity index (χ0n) is 11.5. The van der Waals surface area contributed by atoms with E-state index in [0.717, 1.165) is 24.3 Å². The van der Waals surface area contributed by atoms with E-state index in [-0.39, 0.29) is 6.04 Å². The lowest BCUT2D eigenvalue weighted by Crippen LogP contribution is -2.21. The van der Waals surface area contributed by atoms with Crippen molar-refractivity contribution in [3.05, 3.63) is 54.0 Å². The van der Waals surface area contributed by atoms with E-state index in [0.29, 0.717) is 0 Å². The monoisotopic (exact) mass is 256 g/mol.